The Labute approximate surface area is 195 Å². The second-order valence-corrected chi connectivity index (χ2v) is 13.8. The van der Waals surface area contributed by atoms with Crippen LogP contribution in [0, 0.1) is 0 Å². The summed E-state index contributed by atoms with van der Waals surface area (Å²) in [6.45, 7) is 4.04. The molecular formula is C20H30Br2O6P2. The Balaban J connectivity index is 1.92. The van der Waals surface area contributed by atoms with E-state index in [4.69, 9.17) is 18.1 Å². The van der Waals surface area contributed by atoms with Crippen LogP contribution in [-0.2, 0) is 27.2 Å². The Morgan fingerprint density at radius 2 is 1.07 bits per heavy atom. The van der Waals surface area contributed by atoms with Crippen LogP contribution >= 0.6 is 47.1 Å². The predicted octanol–water partition coefficient (Wildman–Crippen LogP) is 8.12. The molecule has 0 saturated heterocycles. The van der Waals surface area contributed by atoms with Gasteiger partial charge in [-0.2, -0.15) is 0 Å². The summed E-state index contributed by atoms with van der Waals surface area (Å²) in [5.74, 6) is 0. The van der Waals surface area contributed by atoms with Gasteiger partial charge < -0.3 is 9.05 Å². The molecule has 2 aliphatic carbocycles. The van der Waals surface area contributed by atoms with Gasteiger partial charge in [0.1, 0.15) is 11.2 Å². The van der Waals surface area contributed by atoms with Crippen molar-refractivity contribution >= 4 is 47.1 Å². The molecule has 2 fully saturated rings. The number of halogens is 2. The summed E-state index contributed by atoms with van der Waals surface area (Å²) < 4.78 is 53.7. The van der Waals surface area contributed by atoms with Crippen LogP contribution in [0.1, 0.15) is 78.1 Å². The maximum absolute atomic E-state index is 14.1. The largest absolute Gasteiger partial charge is 0.364 e. The summed E-state index contributed by atoms with van der Waals surface area (Å²) in [6, 6.07) is 0. The highest BCUT2D eigenvalue weighted by atomic mass is 79.9. The van der Waals surface area contributed by atoms with E-state index in [1.165, 1.54) is 0 Å². The van der Waals surface area contributed by atoms with Crippen LogP contribution < -0.4 is 0 Å². The Hall–Kier alpha value is 0.740. The molecule has 0 bridgehead atoms. The second-order valence-electron chi connectivity index (χ2n) is 8.45. The molecule has 0 aromatic carbocycles. The van der Waals surface area contributed by atoms with Crippen LogP contribution in [0.2, 0.25) is 0 Å². The van der Waals surface area contributed by atoms with E-state index in [1.807, 2.05) is 0 Å². The summed E-state index contributed by atoms with van der Waals surface area (Å²) in [5, 5.41) is 0.717. The molecule has 2 atom stereocenters. The Bertz CT molecular complexity index is 785. The maximum Gasteiger partial charge on any atom is 0.364 e. The molecule has 2 heterocycles. The lowest BCUT2D eigenvalue weighted by Gasteiger charge is -2.33. The van der Waals surface area contributed by atoms with Crippen molar-refractivity contribution < 1.29 is 27.2 Å². The van der Waals surface area contributed by atoms with Crippen molar-refractivity contribution in [3.05, 3.63) is 19.6 Å². The van der Waals surface area contributed by atoms with Crippen LogP contribution in [0.4, 0.5) is 0 Å². The topological polar surface area (TPSA) is 71.1 Å². The van der Waals surface area contributed by atoms with E-state index >= 15 is 0 Å². The van der Waals surface area contributed by atoms with Gasteiger partial charge in [-0.3, -0.25) is 18.2 Å². The summed E-state index contributed by atoms with van der Waals surface area (Å²) in [5.41, 5.74) is -1.39. The number of rotatable bonds is 5. The molecule has 2 aliphatic heterocycles. The van der Waals surface area contributed by atoms with Gasteiger partial charge in [0.25, 0.3) is 0 Å². The molecule has 170 valence electrons. The number of allylic oxidation sites excluding steroid dienone is 2. The fourth-order valence-electron chi connectivity index (χ4n) is 5.16. The van der Waals surface area contributed by atoms with Crippen LogP contribution in [0.3, 0.4) is 0 Å². The smallest absolute Gasteiger partial charge is 0.305 e. The quantitative estimate of drug-likeness (QED) is 0.302. The fourth-order valence-corrected chi connectivity index (χ4v) is 13.4. The van der Waals surface area contributed by atoms with Crippen molar-refractivity contribution in [2.24, 2.45) is 0 Å². The molecule has 0 aromatic rings. The molecule has 2 unspecified atom stereocenters. The van der Waals surface area contributed by atoms with Gasteiger partial charge in [0.2, 0.25) is 0 Å². The van der Waals surface area contributed by atoms with Gasteiger partial charge in [0.15, 0.2) is 0 Å². The molecule has 0 aromatic heterocycles. The van der Waals surface area contributed by atoms with E-state index < -0.39 is 26.4 Å². The Kier molecular flexibility index (Phi) is 7.03. The molecule has 0 N–H and O–H groups in total. The van der Waals surface area contributed by atoms with Crippen molar-refractivity contribution in [2.75, 3.05) is 13.2 Å². The van der Waals surface area contributed by atoms with Crippen LogP contribution in [-0.4, -0.2) is 24.4 Å². The van der Waals surface area contributed by atoms with Crippen molar-refractivity contribution in [2.45, 2.75) is 89.3 Å². The van der Waals surface area contributed by atoms with Crippen molar-refractivity contribution in [1.29, 1.82) is 0 Å². The highest BCUT2D eigenvalue weighted by molar-refractivity contribution is 9.12. The van der Waals surface area contributed by atoms with Gasteiger partial charge >= 0.3 is 15.2 Å². The zero-order valence-corrected chi connectivity index (χ0v) is 22.5. The van der Waals surface area contributed by atoms with Gasteiger partial charge in [0, 0.05) is 8.96 Å². The van der Waals surface area contributed by atoms with E-state index in [2.05, 4.69) is 31.9 Å². The summed E-state index contributed by atoms with van der Waals surface area (Å²) >= 11 is 7.47. The molecular weight excluding hydrogens is 558 g/mol. The van der Waals surface area contributed by atoms with Crippen molar-refractivity contribution in [3.8, 4) is 0 Å². The van der Waals surface area contributed by atoms with Crippen molar-refractivity contribution in [1.82, 2.24) is 0 Å². The van der Waals surface area contributed by atoms with E-state index in [9.17, 15) is 9.13 Å². The molecule has 4 aliphatic rings. The van der Waals surface area contributed by atoms with E-state index in [1.54, 1.807) is 13.8 Å². The predicted molar refractivity (Wildman–Crippen MR) is 124 cm³/mol. The van der Waals surface area contributed by atoms with Gasteiger partial charge in [0.05, 0.1) is 23.8 Å². The third kappa shape index (κ3) is 3.76. The fraction of sp³-hybridized carbons (Fsp3) is 0.800. The highest BCUT2D eigenvalue weighted by Crippen LogP contribution is 2.81. The molecule has 2 saturated carbocycles. The molecule has 0 amide bonds. The van der Waals surface area contributed by atoms with Crippen molar-refractivity contribution in [3.63, 3.8) is 0 Å². The zero-order chi connectivity index (χ0) is 21.6. The first-order valence-corrected chi connectivity index (χ1v) is 15.7. The number of hydrogen-bond acceptors (Lipinski definition) is 6. The molecule has 10 heteroatoms. The lowest BCUT2D eigenvalue weighted by molar-refractivity contribution is 0.0651. The summed E-state index contributed by atoms with van der Waals surface area (Å²) in [6.07, 6.45) is 9.19. The van der Waals surface area contributed by atoms with Gasteiger partial charge in [-0.05, 0) is 39.5 Å². The van der Waals surface area contributed by atoms with Crippen LogP contribution in [0.25, 0.3) is 0 Å². The van der Waals surface area contributed by atoms with Gasteiger partial charge in [-0.25, -0.2) is 0 Å². The minimum absolute atomic E-state index is 0.229. The van der Waals surface area contributed by atoms with Crippen LogP contribution in [0.5, 0.6) is 0 Å². The Morgan fingerprint density at radius 3 is 1.37 bits per heavy atom. The van der Waals surface area contributed by atoms with E-state index in [0.717, 1.165) is 64.2 Å². The molecule has 6 nitrogen and oxygen atoms in total. The number of hydrogen-bond donors (Lipinski definition) is 0. The minimum atomic E-state index is -3.72. The lowest BCUT2D eigenvalue weighted by atomic mass is 9.83. The molecule has 30 heavy (non-hydrogen) atoms. The third-order valence-corrected chi connectivity index (χ3v) is 13.9. The first-order valence-electron chi connectivity index (χ1n) is 11.0. The van der Waals surface area contributed by atoms with Gasteiger partial charge in [-0.15, -0.1) is 0 Å². The monoisotopic (exact) mass is 586 g/mol. The van der Waals surface area contributed by atoms with E-state index in [-0.39, 0.29) is 13.2 Å². The first-order chi connectivity index (χ1) is 14.3. The molecule has 0 radical (unpaired) electrons. The molecule has 4 rings (SSSR count). The summed E-state index contributed by atoms with van der Waals surface area (Å²) in [4.78, 5) is 0. The highest BCUT2D eigenvalue weighted by Gasteiger charge is 2.62. The lowest BCUT2D eigenvalue weighted by Crippen LogP contribution is -2.31. The normalized spacial score (nSPS) is 35.7. The molecule has 2 spiro atoms. The van der Waals surface area contributed by atoms with E-state index in [0.29, 0.717) is 19.6 Å². The average Bonchev–Trinajstić information content (AvgIpc) is 3.02. The summed E-state index contributed by atoms with van der Waals surface area (Å²) in [7, 11) is -7.43. The minimum Gasteiger partial charge on any atom is -0.305 e. The zero-order valence-electron chi connectivity index (χ0n) is 17.6. The third-order valence-electron chi connectivity index (χ3n) is 6.50. The Morgan fingerprint density at radius 1 is 0.733 bits per heavy atom. The van der Waals surface area contributed by atoms with Crippen LogP contribution in [0.15, 0.2) is 19.6 Å². The SMILES string of the molecule is CCOP1(=O)OC2(CCCCC2)C(Br)=C1C1=C(Br)C2(CCCCC2)OP1(=O)OCC. The average molecular weight is 588 g/mol. The second kappa shape index (κ2) is 8.83. The first kappa shape index (κ1) is 23.9. The van der Waals surface area contributed by atoms with Gasteiger partial charge in [-0.1, -0.05) is 70.4 Å². The maximum atomic E-state index is 14.1. The standard InChI is InChI=1S/C20H30Br2O6P2/c1-3-25-29(23)15(17(21)19(27-29)11-7-5-8-12-19)16-18(22)20(13-9-6-10-14-20)28-30(16,24)26-4-2/h3-14H2,1-2H3.